The van der Waals surface area contributed by atoms with Crippen molar-refractivity contribution in [1.82, 2.24) is 0 Å². The van der Waals surface area contributed by atoms with Gasteiger partial charge in [-0.05, 0) is 17.7 Å². The second kappa shape index (κ2) is 4.70. The predicted octanol–water partition coefficient (Wildman–Crippen LogP) is 2.40. The number of halogens is 3. The van der Waals surface area contributed by atoms with Crippen molar-refractivity contribution in [2.45, 2.75) is 25.2 Å². The van der Waals surface area contributed by atoms with E-state index in [2.05, 4.69) is 0 Å². The number of hydrogen-bond acceptors (Lipinski definition) is 3. The van der Waals surface area contributed by atoms with Gasteiger partial charge in [0.15, 0.2) is 0 Å². The maximum atomic E-state index is 12.2. The first-order valence-electron chi connectivity index (χ1n) is 4.72. The second-order valence-electron chi connectivity index (χ2n) is 3.59. The van der Waals surface area contributed by atoms with Gasteiger partial charge in [-0.25, -0.2) is 0 Å². The fraction of sp³-hybridized carbons (Fsp3) is 0.400. The second-order valence-corrected chi connectivity index (χ2v) is 3.59. The van der Waals surface area contributed by atoms with Gasteiger partial charge in [-0.2, -0.15) is 13.2 Å². The minimum atomic E-state index is -4.46. The summed E-state index contributed by atoms with van der Waals surface area (Å²) in [5.41, 5.74) is -0.774. The number of nitro groups is 1. The summed E-state index contributed by atoms with van der Waals surface area (Å²) >= 11 is 0. The molecule has 1 rings (SSSR count). The van der Waals surface area contributed by atoms with Crippen LogP contribution in [0.4, 0.5) is 13.2 Å². The van der Waals surface area contributed by atoms with Gasteiger partial charge in [0.1, 0.15) is 6.10 Å². The average Bonchev–Trinajstić information content (AvgIpc) is 2.26. The first-order valence-corrected chi connectivity index (χ1v) is 4.72. The van der Waals surface area contributed by atoms with Crippen molar-refractivity contribution in [1.29, 1.82) is 0 Å². The fourth-order valence-electron chi connectivity index (χ4n) is 1.26. The molecule has 0 saturated heterocycles. The van der Waals surface area contributed by atoms with Crippen LogP contribution in [0.5, 0.6) is 0 Å². The summed E-state index contributed by atoms with van der Waals surface area (Å²) in [4.78, 5) is 9.71. The highest BCUT2D eigenvalue weighted by Crippen LogP contribution is 2.30. The monoisotopic (exact) mass is 249 g/mol. The van der Waals surface area contributed by atoms with Crippen LogP contribution in [-0.2, 0) is 6.18 Å². The molecule has 1 aromatic carbocycles. The van der Waals surface area contributed by atoms with Crippen LogP contribution in [0.1, 0.15) is 24.2 Å². The first-order chi connectivity index (χ1) is 7.73. The van der Waals surface area contributed by atoms with Crippen LogP contribution in [0, 0.1) is 10.1 Å². The van der Waals surface area contributed by atoms with E-state index in [9.17, 15) is 28.4 Å². The van der Waals surface area contributed by atoms with Crippen LogP contribution in [0.25, 0.3) is 0 Å². The van der Waals surface area contributed by atoms with Crippen LogP contribution in [0.2, 0.25) is 0 Å². The van der Waals surface area contributed by atoms with Crippen LogP contribution in [0.15, 0.2) is 24.3 Å². The summed E-state index contributed by atoms with van der Waals surface area (Å²) < 4.78 is 36.7. The molecule has 0 heterocycles. The summed E-state index contributed by atoms with van der Waals surface area (Å²) in [6.45, 7) is 1.18. The molecule has 7 heteroatoms. The number of hydrogen-bond donors (Lipinski definition) is 1. The quantitative estimate of drug-likeness (QED) is 0.660. The Morgan fingerprint density at radius 2 is 1.76 bits per heavy atom. The number of aliphatic hydroxyl groups is 1. The summed E-state index contributed by atoms with van der Waals surface area (Å²) in [7, 11) is 0. The fourth-order valence-corrected chi connectivity index (χ4v) is 1.26. The average molecular weight is 249 g/mol. The van der Waals surface area contributed by atoms with Gasteiger partial charge in [-0.1, -0.05) is 12.1 Å². The van der Waals surface area contributed by atoms with E-state index in [1.165, 1.54) is 6.92 Å². The zero-order chi connectivity index (χ0) is 13.2. The Hall–Kier alpha value is -1.63. The number of aliphatic hydroxyl groups excluding tert-OH is 1. The smallest absolute Gasteiger partial charge is 0.381 e. The van der Waals surface area contributed by atoms with E-state index in [4.69, 9.17) is 0 Å². The van der Waals surface area contributed by atoms with Gasteiger partial charge in [0.25, 0.3) is 0 Å². The Labute approximate surface area is 94.8 Å². The molecule has 0 aliphatic rings. The Kier molecular flexibility index (Phi) is 3.72. The molecular formula is C10H10F3NO3. The minimum absolute atomic E-state index is 0.0854. The summed E-state index contributed by atoms with van der Waals surface area (Å²) in [6, 6.07) is 2.36. The normalized spacial score (nSPS) is 15.4. The molecule has 0 aliphatic heterocycles. The lowest BCUT2D eigenvalue weighted by atomic mass is 10.0. The van der Waals surface area contributed by atoms with E-state index in [1.54, 1.807) is 0 Å². The van der Waals surface area contributed by atoms with E-state index in [0.29, 0.717) is 0 Å². The number of rotatable bonds is 3. The summed E-state index contributed by atoms with van der Waals surface area (Å²) in [6.07, 6.45) is -5.88. The van der Waals surface area contributed by atoms with Crippen molar-refractivity contribution in [3.8, 4) is 0 Å². The van der Waals surface area contributed by atoms with Gasteiger partial charge in [0, 0.05) is 11.8 Å². The molecule has 94 valence electrons. The topological polar surface area (TPSA) is 63.4 Å². The highest BCUT2D eigenvalue weighted by atomic mass is 19.4. The standard InChI is InChI=1S/C10H10F3NO3/c1-6(14(16)17)9(15)7-2-4-8(5-3-7)10(11,12)13/h2-6,9,15H,1H3/t6-,9-/m1/s1. The van der Waals surface area contributed by atoms with Crippen LogP contribution in [-0.4, -0.2) is 16.1 Å². The zero-order valence-electron chi connectivity index (χ0n) is 8.81. The molecule has 0 fully saturated rings. The van der Waals surface area contributed by atoms with Gasteiger partial charge >= 0.3 is 6.18 Å². The zero-order valence-corrected chi connectivity index (χ0v) is 8.81. The predicted molar refractivity (Wildman–Crippen MR) is 52.9 cm³/mol. The lowest BCUT2D eigenvalue weighted by molar-refractivity contribution is -0.531. The van der Waals surface area contributed by atoms with Crippen LogP contribution < -0.4 is 0 Å². The maximum Gasteiger partial charge on any atom is 0.416 e. The van der Waals surface area contributed by atoms with Crippen LogP contribution in [0.3, 0.4) is 0 Å². The first kappa shape index (κ1) is 13.4. The molecule has 1 N–H and O–H groups in total. The molecule has 2 atom stereocenters. The van der Waals surface area contributed by atoms with Gasteiger partial charge < -0.3 is 5.11 Å². The third-order valence-electron chi connectivity index (χ3n) is 2.37. The third kappa shape index (κ3) is 3.16. The highest BCUT2D eigenvalue weighted by Gasteiger charge is 2.31. The van der Waals surface area contributed by atoms with Gasteiger partial charge in [0.2, 0.25) is 6.04 Å². The molecule has 0 aliphatic carbocycles. The third-order valence-corrected chi connectivity index (χ3v) is 2.37. The largest absolute Gasteiger partial charge is 0.416 e. The molecule has 0 bridgehead atoms. The van der Waals surface area contributed by atoms with Gasteiger partial charge in [-0.3, -0.25) is 10.1 Å². The van der Waals surface area contributed by atoms with E-state index in [1.807, 2.05) is 0 Å². The molecule has 1 aromatic rings. The Bertz CT molecular complexity index is 402. The Morgan fingerprint density at radius 1 is 1.29 bits per heavy atom. The number of nitrogens with zero attached hydrogens (tertiary/aromatic N) is 1. The minimum Gasteiger partial charge on any atom is -0.381 e. The molecule has 0 unspecified atom stereocenters. The van der Waals surface area contributed by atoms with Crippen molar-refractivity contribution < 1.29 is 23.2 Å². The van der Waals surface area contributed by atoms with E-state index in [-0.39, 0.29) is 5.56 Å². The SMILES string of the molecule is C[C@H]([C@@H](O)c1ccc(C(F)(F)F)cc1)[N+](=O)[O-]. The molecular weight excluding hydrogens is 239 g/mol. The lowest BCUT2D eigenvalue weighted by Crippen LogP contribution is -2.24. The summed E-state index contributed by atoms with van der Waals surface area (Å²) in [5, 5.41) is 19.9. The van der Waals surface area contributed by atoms with Crippen molar-refractivity contribution in [2.75, 3.05) is 0 Å². The molecule has 0 aromatic heterocycles. The summed E-state index contributed by atoms with van der Waals surface area (Å²) in [5.74, 6) is 0. The van der Waals surface area contributed by atoms with E-state index >= 15 is 0 Å². The number of alkyl halides is 3. The van der Waals surface area contributed by atoms with Gasteiger partial charge in [-0.15, -0.1) is 0 Å². The molecule has 0 amide bonds. The maximum absolute atomic E-state index is 12.2. The van der Waals surface area contributed by atoms with E-state index < -0.39 is 28.8 Å². The van der Waals surface area contributed by atoms with Gasteiger partial charge in [0.05, 0.1) is 5.56 Å². The van der Waals surface area contributed by atoms with Crippen molar-refractivity contribution in [3.05, 3.63) is 45.5 Å². The number of benzene rings is 1. The molecule has 0 radical (unpaired) electrons. The Balaban J connectivity index is 2.92. The molecule has 4 nitrogen and oxygen atoms in total. The highest BCUT2D eigenvalue weighted by molar-refractivity contribution is 5.26. The molecule has 17 heavy (non-hydrogen) atoms. The van der Waals surface area contributed by atoms with Crippen molar-refractivity contribution in [2.24, 2.45) is 0 Å². The van der Waals surface area contributed by atoms with Crippen molar-refractivity contribution >= 4 is 0 Å². The lowest BCUT2D eigenvalue weighted by Gasteiger charge is -2.13. The van der Waals surface area contributed by atoms with E-state index in [0.717, 1.165) is 24.3 Å². The molecule has 0 saturated carbocycles. The molecule has 0 spiro atoms. The Morgan fingerprint density at radius 3 is 2.12 bits per heavy atom. The van der Waals surface area contributed by atoms with Crippen LogP contribution >= 0.6 is 0 Å². The van der Waals surface area contributed by atoms with Crippen molar-refractivity contribution in [3.63, 3.8) is 0 Å².